The molecule has 0 unspecified atom stereocenters. The van der Waals surface area contributed by atoms with Crippen LogP contribution in [0.25, 0.3) is 229 Å². The lowest BCUT2D eigenvalue weighted by molar-refractivity contribution is 1.07. The van der Waals surface area contributed by atoms with E-state index in [1.807, 2.05) is 182 Å². The first-order chi connectivity index (χ1) is 69.2. The molecule has 3 aliphatic rings. The standard InChI is InChI=1S/C48H34N4.2C40H26N4/c1-30-26-36(48-50-46(32-14-5-3-6-15-32)49-47(51-48)33-16-7-4-8-17-33)27-31(2)45(30)52-43-23-12-11-20-40(43)42-29-35(24-25-44(42)52)38-21-13-22-39-37-19-10-9-18-34(37)28-41(38)39;1-3-12-26(13-4-1)38-41-39(27-14-5-2-6-15-27)43-40(42-38)29-17-11-18-30(24-29)44-35-21-10-9-20-33(35)37-34-25-28-16-7-8-19-31(28)32(34)22-23-36(37)44;1-3-12-26(13-4-1)38-41-39(27-14-5-2-6-15-27)43-40(42-38)30-17-11-18-31(25-30)44-34-21-10-9-20-33(34)37-35(44)23-22-29-24-28-16-7-8-19-32(28)36(29)37/h3-27,29H,28H2,1-2H3;1-24H,25H2;1-23,25H,24H2. The second-order valence-electron chi connectivity index (χ2n) is 36.3. The zero-order chi connectivity index (χ0) is 92.8. The third-order valence-corrected chi connectivity index (χ3v) is 27.8. The van der Waals surface area contributed by atoms with Crippen molar-refractivity contribution in [2.24, 2.45) is 0 Å². The second-order valence-corrected chi connectivity index (χ2v) is 36.3. The number of aromatic nitrogens is 12. The monoisotopic (exact) mass is 1790 g/mol. The predicted molar refractivity (Wildman–Crippen MR) is 571 cm³/mol. The number of rotatable bonds is 13. The van der Waals surface area contributed by atoms with Crippen molar-refractivity contribution in [2.75, 3.05) is 0 Å². The molecular weight excluding hydrogens is 1710 g/mol. The highest BCUT2D eigenvalue weighted by Gasteiger charge is 2.30. The van der Waals surface area contributed by atoms with Crippen molar-refractivity contribution in [3.63, 3.8) is 0 Å². The van der Waals surface area contributed by atoms with Gasteiger partial charge in [0.1, 0.15) is 0 Å². The van der Waals surface area contributed by atoms with Gasteiger partial charge in [0.05, 0.1) is 38.8 Å². The van der Waals surface area contributed by atoms with Crippen LogP contribution in [-0.4, -0.2) is 58.6 Å². The van der Waals surface area contributed by atoms with Gasteiger partial charge in [-0.05, 0) is 201 Å². The van der Waals surface area contributed by atoms with Gasteiger partial charge in [-0.3, -0.25) is 0 Å². The summed E-state index contributed by atoms with van der Waals surface area (Å²) < 4.78 is 7.20. The summed E-state index contributed by atoms with van der Waals surface area (Å²) in [5, 5.41) is 7.68. The molecule has 0 spiro atoms. The lowest BCUT2D eigenvalue weighted by Crippen LogP contribution is -2.03. The fraction of sp³-hybridized carbons (Fsp3) is 0.0391. The SMILES string of the molecule is Cc1cc(-c2nc(-c3ccccc3)nc(-c3ccccc3)n2)cc(C)c1-n1c2ccccc2c2cc(-c3cccc4c3Cc3ccccc3-4)ccc21.c1ccc(-c2nc(-c3ccccc3)nc(-c3cccc(-n4c5ccccc5c5c6c(ccc54)-c4ccccc4C6)c3)n2)cc1.c1ccc(-c2nc(-c3ccccc3)nc(-c3cccc(-n4c5ccccc5c5c6c(ccc54)Cc4ccccc4-6)c3)n2)cc1. The minimum absolute atomic E-state index is 0.648. The van der Waals surface area contributed by atoms with Crippen LogP contribution in [0.3, 0.4) is 0 Å². The van der Waals surface area contributed by atoms with E-state index in [0.29, 0.717) is 52.4 Å². The Morgan fingerprint density at radius 2 is 0.500 bits per heavy atom. The van der Waals surface area contributed by atoms with Crippen LogP contribution in [-0.2, 0) is 19.3 Å². The van der Waals surface area contributed by atoms with Crippen LogP contribution in [0.5, 0.6) is 0 Å². The van der Waals surface area contributed by atoms with Crippen LogP contribution < -0.4 is 0 Å². The Kier molecular flexibility index (Phi) is 20.3. The number of hydrogen-bond donors (Lipinski definition) is 0. The molecule has 0 amide bonds. The van der Waals surface area contributed by atoms with Gasteiger partial charge in [0.25, 0.3) is 0 Å². The summed E-state index contributed by atoms with van der Waals surface area (Å²) in [5.74, 6) is 5.92. The quantitative estimate of drug-likeness (QED) is 0.111. The fourth-order valence-electron chi connectivity index (χ4n) is 21.6. The van der Waals surface area contributed by atoms with Crippen LogP contribution in [0.2, 0.25) is 0 Å². The third kappa shape index (κ3) is 14.5. The topological polar surface area (TPSA) is 131 Å². The highest BCUT2D eigenvalue weighted by molar-refractivity contribution is 6.18. The molecule has 0 bridgehead atoms. The average molecular weight is 1790 g/mol. The molecule has 12 heteroatoms. The van der Waals surface area contributed by atoms with Crippen molar-refractivity contribution in [3.05, 3.63) is 493 Å². The van der Waals surface area contributed by atoms with Gasteiger partial charge in [0.2, 0.25) is 0 Å². The molecule has 0 N–H and O–H groups in total. The van der Waals surface area contributed by atoms with E-state index < -0.39 is 0 Å². The Morgan fingerprint density at radius 1 is 0.179 bits per heavy atom. The molecule has 6 heterocycles. The second kappa shape index (κ2) is 34.5. The maximum atomic E-state index is 5.02. The van der Waals surface area contributed by atoms with Gasteiger partial charge in [-0.25, -0.2) is 44.9 Å². The first-order valence-electron chi connectivity index (χ1n) is 47.7. The molecule has 0 fully saturated rings. The Balaban J connectivity index is 0.000000109. The van der Waals surface area contributed by atoms with E-state index in [2.05, 4.69) is 294 Å². The Hall–Kier alpha value is -18.4. The minimum atomic E-state index is 0.648. The molecule has 6 aromatic heterocycles. The van der Waals surface area contributed by atoms with Crippen molar-refractivity contribution < 1.29 is 0 Å². The van der Waals surface area contributed by atoms with E-state index in [-0.39, 0.29) is 0 Å². The number of para-hydroxylation sites is 3. The molecule has 140 heavy (non-hydrogen) atoms. The zero-order valence-corrected chi connectivity index (χ0v) is 76.7. The van der Waals surface area contributed by atoms with E-state index >= 15 is 0 Å². The molecule has 3 aliphatic carbocycles. The van der Waals surface area contributed by atoms with Crippen molar-refractivity contribution in [1.82, 2.24) is 58.6 Å². The summed E-state index contributed by atoms with van der Waals surface area (Å²) in [6.07, 6.45) is 2.89. The summed E-state index contributed by atoms with van der Waals surface area (Å²) in [4.78, 5) is 44.6. The summed E-state index contributed by atoms with van der Waals surface area (Å²) in [6.45, 7) is 4.40. The first kappa shape index (κ1) is 82.3. The minimum Gasteiger partial charge on any atom is -0.309 e. The van der Waals surface area contributed by atoms with Gasteiger partial charge in [-0.1, -0.05) is 370 Å². The largest absolute Gasteiger partial charge is 0.309 e. The molecule has 658 valence electrons. The van der Waals surface area contributed by atoms with E-state index in [0.717, 1.165) is 91.8 Å². The number of fused-ring (bicyclic) bond motifs is 20. The van der Waals surface area contributed by atoms with E-state index in [1.54, 1.807) is 0 Å². The van der Waals surface area contributed by atoms with E-state index in [9.17, 15) is 0 Å². The summed E-state index contributed by atoms with van der Waals surface area (Å²) in [7, 11) is 0. The van der Waals surface area contributed by atoms with Crippen LogP contribution in [0.4, 0.5) is 0 Å². The van der Waals surface area contributed by atoms with Crippen molar-refractivity contribution in [1.29, 1.82) is 0 Å². The Labute approximate surface area is 809 Å². The molecule has 0 saturated heterocycles. The Morgan fingerprint density at radius 3 is 0.971 bits per heavy atom. The van der Waals surface area contributed by atoms with Gasteiger partial charge in [-0.2, -0.15) is 0 Å². The van der Waals surface area contributed by atoms with Gasteiger partial charge < -0.3 is 13.7 Å². The number of aryl methyl sites for hydroxylation is 2. The van der Waals surface area contributed by atoms with Gasteiger partial charge >= 0.3 is 0 Å². The molecule has 0 atom stereocenters. The zero-order valence-electron chi connectivity index (χ0n) is 76.7. The van der Waals surface area contributed by atoms with E-state index in [1.165, 1.54) is 149 Å². The predicted octanol–water partition coefficient (Wildman–Crippen LogP) is 30.9. The number of hydrogen-bond acceptors (Lipinski definition) is 9. The molecular formula is C128H86N12. The number of nitrogens with zero attached hydrogens (tertiary/aromatic N) is 12. The summed E-state index contributed by atoms with van der Waals surface area (Å²) in [5.41, 5.74) is 40.5. The molecule has 0 aliphatic heterocycles. The number of benzene rings is 19. The van der Waals surface area contributed by atoms with Crippen LogP contribution in [0.1, 0.15) is 44.5 Å². The van der Waals surface area contributed by atoms with E-state index in [4.69, 9.17) is 44.9 Å². The smallest absolute Gasteiger partial charge is 0.164 e. The van der Waals surface area contributed by atoms with Crippen molar-refractivity contribution >= 4 is 65.4 Å². The lowest BCUT2D eigenvalue weighted by atomic mass is 9.94. The fourth-order valence-corrected chi connectivity index (χ4v) is 21.6. The van der Waals surface area contributed by atoms with Crippen LogP contribution in [0.15, 0.2) is 449 Å². The molecule has 0 radical (unpaired) electrons. The van der Waals surface area contributed by atoms with Gasteiger partial charge in [-0.15, -0.1) is 0 Å². The molecule has 12 nitrogen and oxygen atoms in total. The average Bonchev–Trinajstić information content (AvgIpc) is 1.57. The van der Waals surface area contributed by atoms with Gasteiger partial charge in [0.15, 0.2) is 52.4 Å². The van der Waals surface area contributed by atoms with Crippen LogP contribution >= 0.6 is 0 Å². The highest BCUT2D eigenvalue weighted by Crippen LogP contribution is 2.50. The molecule has 28 rings (SSSR count). The highest BCUT2D eigenvalue weighted by atomic mass is 15.1. The molecule has 0 saturated carbocycles. The Bertz CT molecular complexity index is 9030. The third-order valence-electron chi connectivity index (χ3n) is 27.8. The summed E-state index contributed by atoms with van der Waals surface area (Å²) >= 11 is 0. The normalized spacial score (nSPS) is 12.0. The summed E-state index contributed by atoms with van der Waals surface area (Å²) in [6, 6.07) is 158. The maximum Gasteiger partial charge on any atom is 0.164 e. The van der Waals surface area contributed by atoms with Gasteiger partial charge in [0, 0.05) is 93.8 Å². The first-order valence-corrected chi connectivity index (χ1v) is 47.7. The molecule has 19 aromatic carbocycles. The maximum absolute atomic E-state index is 5.02. The molecule has 25 aromatic rings. The van der Waals surface area contributed by atoms with Crippen molar-refractivity contribution in [2.45, 2.75) is 33.1 Å². The lowest BCUT2D eigenvalue weighted by Gasteiger charge is -2.17. The van der Waals surface area contributed by atoms with Crippen LogP contribution in [0, 0.1) is 13.8 Å². The van der Waals surface area contributed by atoms with Crippen molar-refractivity contribution in [3.8, 4) is 164 Å².